The molecule has 4 heteroatoms. The molecule has 0 aliphatic rings. The van der Waals surface area contributed by atoms with E-state index in [2.05, 4.69) is 15.9 Å². The summed E-state index contributed by atoms with van der Waals surface area (Å²) >= 11 is 9.37. The summed E-state index contributed by atoms with van der Waals surface area (Å²) in [5, 5.41) is 0. The van der Waals surface area contributed by atoms with Crippen molar-refractivity contribution >= 4 is 33.2 Å². The third kappa shape index (κ3) is 3.64. The third-order valence-corrected chi connectivity index (χ3v) is 3.52. The predicted molar refractivity (Wildman–Crippen MR) is 84.5 cm³/mol. The van der Waals surface area contributed by atoms with Crippen molar-refractivity contribution < 1.29 is 4.74 Å². The molecule has 0 spiro atoms. The smallest absolute Gasteiger partial charge is 0.132 e. The predicted octanol–water partition coefficient (Wildman–Crippen LogP) is 5.05. The minimum atomic E-state index is 0.427. The highest BCUT2D eigenvalue weighted by atomic mass is 79.9. The lowest BCUT2D eigenvalue weighted by Crippen LogP contribution is -2.08. The van der Waals surface area contributed by atoms with Gasteiger partial charge >= 0.3 is 0 Å². The van der Waals surface area contributed by atoms with E-state index < -0.39 is 0 Å². The zero-order valence-electron chi connectivity index (χ0n) is 10.9. The van der Waals surface area contributed by atoms with Gasteiger partial charge in [0, 0.05) is 35.9 Å². The Labute approximate surface area is 127 Å². The summed E-state index contributed by atoms with van der Waals surface area (Å²) in [5.41, 5.74) is 2.07. The highest BCUT2D eigenvalue weighted by molar-refractivity contribution is 9.10. The summed E-state index contributed by atoms with van der Waals surface area (Å²) in [6.07, 6.45) is 0. The molecule has 0 aliphatic heterocycles. The number of rotatable bonds is 4. The molecule has 0 radical (unpaired) electrons. The summed E-state index contributed by atoms with van der Waals surface area (Å²) in [4.78, 5) is 2.04. The standard InChI is InChI=1S/C15H15BrClNO/c1-18(2)13-4-3-5-14(9-13)19-15-8-12(16)7-6-11(15)10-17/h3-9H,10H2,1-2H3. The first-order chi connectivity index (χ1) is 9.10. The van der Waals surface area contributed by atoms with Crippen molar-refractivity contribution in [3.8, 4) is 11.5 Å². The van der Waals surface area contributed by atoms with Gasteiger partial charge in [-0.25, -0.2) is 0 Å². The zero-order valence-corrected chi connectivity index (χ0v) is 13.2. The van der Waals surface area contributed by atoms with Crippen LogP contribution in [0, 0.1) is 0 Å². The molecule has 2 aromatic rings. The van der Waals surface area contributed by atoms with Crippen molar-refractivity contribution in [1.82, 2.24) is 0 Å². The second-order valence-electron chi connectivity index (χ2n) is 4.38. The van der Waals surface area contributed by atoms with Gasteiger partial charge in [0.2, 0.25) is 0 Å². The Balaban J connectivity index is 2.30. The summed E-state index contributed by atoms with van der Waals surface area (Å²) in [7, 11) is 4.00. The largest absolute Gasteiger partial charge is 0.457 e. The van der Waals surface area contributed by atoms with Gasteiger partial charge in [-0.1, -0.05) is 28.1 Å². The summed E-state index contributed by atoms with van der Waals surface area (Å²) in [6.45, 7) is 0. The fraction of sp³-hybridized carbons (Fsp3) is 0.200. The van der Waals surface area contributed by atoms with Crippen LogP contribution in [0.4, 0.5) is 5.69 Å². The van der Waals surface area contributed by atoms with Gasteiger partial charge in [0.15, 0.2) is 0 Å². The van der Waals surface area contributed by atoms with E-state index in [4.69, 9.17) is 16.3 Å². The molecule has 0 unspecified atom stereocenters. The zero-order chi connectivity index (χ0) is 13.8. The topological polar surface area (TPSA) is 12.5 Å². The molecule has 0 atom stereocenters. The number of hydrogen-bond donors (Lipinski definition) is 0. The molecule has 0 saturated carbocycles. The number of hydrogen-bond acceptors (Lipinski definition) is 2. The van der Waals surface area contributed by atoms with E-state index in [1.807, 2.05) is 61.5 Å². The molecular weight excluding hydrogens is 326 g/mol. The van der Waals surface area contributed by atoms with Crippen LogP contribution in [-0.2, 0) is 5.88 Å². The normalized spacial score (nSPS) is 10.3. The third-order valence-electron chi connectivity index (χ3n) is 2.74. The summed E-state index contributed by atoms with van der Waals surface area (Å²) < 4.78 is 6.90. The van der Waals surface area contributed by atoms with Crippen LogP contribution >= 0.6 is 27.5 Å². The number of alkyl halides is 1. The van der Waals surface area contributed by atoms with Crippen LogP contribution in [0.2, 0.25) is 0 Å². The molecule has 0 amide bonds. The first-order valence-electron chi connectivity index (χ1n) is 5.90. The lowest BCUT2D eigenvalue weighted by molar-refractivity contribution is 0.478. The molecule has 0 saturated heterocycles. The summed E-state index contributed by atoms with van der Waals surface area (Å²) in [5.74, 6) is 2.01. The minimum Gasteiger partial charge on any atom is -0.457 e. The van der Waals surface area contributed by atoms with E-state index in [1.54, 1.807) is 0 Å². The molecule has 0 aromatic heterocycles. The number of anilines is 1. The van der Waals surface area contributed by atoms with Crippen LogP contribution in [0.25, 0.3) is 0 Å². The van der Waals surface area contributed by atoms with E-state index in [0.717, 1.165) is 27.2 Å². The fourth-order valence-corrected chi connectivity index (χ4v) is 2.25. The van der Waals surface area contributed by atoms with Crippen LogP contribution in [-0.4, -0.2) is 14.1 Å². The van der Waals surface area contributed by atoms with E-state index in [-0.39, 0.29) is 0 Å². The maximum atomic E-state index is 5.93. The Bertz CT molecular complexity index is 572. The van der Waals surface area contributed by atoms with Crippen molar-refractivity contribution in [3.05, 3.63) is 52.5 Å². The Hall–Kier alpha value is -1.19. The molecular formula is C15H15BrClNO. The molecule has 19 heavy (non-hydrogen) atoms. The molecule has 2 nitrogen and oxygen atoms in total. The second-order valence-corrected chi connectivity index (χ2v) is 5.56. The SMILES string of the molecule is CN(C)c1cccc(Oc2cc(Br)ccc2CCl)c1. The van der Waals surface area contributed by atoms with Crippen LogP contribution in [0.15, 0.2) is 46.9 Å². The lowest BCUT2D eigenvalue weighted by Gasteiger charge is -2.15. The highest BCUT2D eigenvalue weighted by Gasteiger charge is 2.06. The lowest BCUT2D eigenvalue weighted by atomic mass is 10.2. The Morgan fingerprint density at radius 2 is 1.95 bits per heavy atom. The van der Waals surface area contributed by atoms with Gasteiger partial charge in [0.05, 0.1) is 5.88 Å². The van der Waals surface area contributed by atoms with Gasteiger partial charge in [-0.3, -0.25) is 0 Å². The summed E-state index contributed by atoms with van der Waals surface area (Å²) in [6, 6.07) is 13.8. The van der Waals surface area contributed by atoms with E-state index in [1.165, 1.54) is 0 Å². The monoisotopic (exact) mass is 339 g/mol. The Morgan fingerprint density at radius 3 is 2.63 bits per heavy atom. The molecule has 0 bridgehead atoms. The average molecular weight is 341 g/mol. The molecule has 0 heterocycles. The van der Waals surface area contributed by atoms with Crippen molar-refractivity contribution in [2.45, 2.75) is 5.88 Å². The van der Waals surface area contributed by atoms with Gasteiger partial charge in [-0.2, -0.15) is 0 Å². The molecule has 0 fully saturated rings. The maximum absolute atomic E-state index is 5.93. The first kappa shape index (κ1) is 14.2. The molecule has 100 valence electrons. The number of benzene rings is 2. The number of ether oxygens (including phenoxy) is 1. The van der Waals surface area contributed by atoms with Gasteiger partial charge in [0.25, 0.3) is 0 Å². The molecule has 0 N–H and O–H groups in total. The second kappa shape index (κ2) is 6.31. The Kier molecular flexibility index (Phi) is 4.72. The van der Waals surface area contributed by atoms with Crippen LogP contribution in [0.3, 0.4) is 0 Å². The molecule has 2 rings (SSSR count). The molecule has 0 aliphatic carbocycles. The van der Waals surface area contributed by atoms with Crippen LogP contribution in [0.1, 0.15) is 5.56 Å². The maximum Gasteiger partial charge on any atom is 0.132 e. The van der Waals surface area contributed by atoms with Crippen molar-refractivity contribution in [2.75, 3.05) is 19.0 Å². The van der Waals surface area contributed by atoms with Crippen molar-refractivity contribution in [2.24, 2.45) is 0 Å². The number of halogens is 2. The van der Waals surface area contributed by atoms with E-state index in [0.29, 0.717) is 5.88 Å². The Morgan fingerprint density at radius 1 is 1.16 bits per heavy atom. The van der Waals surface area contributed by atoms with Crippen LogP contribution in [0.5, 0.6) is 11.5 Å². The molecule has 2 aromatic carbocycles. The van der Waals surface area contributed by atoms with Gasteiger partial charge in [-0.15, -0.1) is 11.6 Å². The first-order valence-corrected chi connectivity index (χ1v) is 7.22. The number of nitrogens with zero attached hydrogens (tertiary/aromatic N) is 1. The van der Waals surface area contributed by atoms with Gasteiger partial charge in [-0.05, 0) is 24.3 Å². The van der Waals surface area contributed by atoms with Crippen molar-refractivity contribution in [3.63, 3.8) is 0 Å². The van der Waals surface area contributed by atoms with Crippen LogP contribution < -0.4 is 9.64 Å². The van der Waals surface area contributed by atoms with Crippen molar-refractivity contribution in [1.29, 1.82) is 0 Å². The fourth-order valence-electron chi connectivity index (χ4n) is 1.69. The average Bonchev–Trinajstić information content (AvgIpc) is 2.39. The van der Waals surface area contributed by atoms with E-state index in [9.17, 15) is 0 Å². The van der Waals surface area contributed by atoms with Gasteiger partial charge < -0.3 is 9.64 Å². The minimum absolute atomic E-state index is 0.427. The highest BCUT2D eigenvalue weighted by Crippen LogP contribution is 2.31. The van der Waals surface area contributed by atoms with Gasteiger partial charge in [0.1, 0.15) is 11.5 Å². The van der Waals surface area contributed by atoms with E-state index >= 15 is 0 Å². The quantitative estimate of drug-likeness (QED) is 0.722.